The van der Waals surface area contributed by atoms with Gasteiger partial charge in [-0.1, -0.05) is 13.8 Å². The van der Waals surface area contributed by atoms with E-state index in [-0.39, 0.29) is 35.7 Å². The van der Waals surface area contributed by atoms with Crippen molar-refractivity contribution in [1.82, 2.24) is 15.5 Å². The Kier molecular flexibility index (Phi) is 5.20. The number of alkyl carbamates (subject to hydrolysis) is 1. The van der Waals surface area contributed by atoms with Crippen molar-refractivity contribution < 1.29 is 19.1 Å². The first-order valence-electron chi connectivity index (χ1n) is 9.37. The zero-order valence-electron chi connectivity index (χ0n) is 15.3. The molecule has 2 N–H and O–H groups in total. The van der Waals surface area contributed by atoms with Gasteiger partial charge in [0.25, 0.3) is 0 Å². The Labute approximate surface area is 148 Å². The fraction of sp³-hybridized carbons (Fsp3) is 0.833. The minimum Gasteiger partial charge on any atom is -0.453 e. The van der Waals surface area contributed by atoms with Crippen LogP contribution in [0.25, 0.3) is 0 Å². The molecule has 1 heterocycles. The van der Waals surface area contributed by atoms with Crippen molar-refractivity contribution in [2.24, 2.45) is 17.8 Å². The van der Waals surface area contributed by atoms with Gasteiger partial charge in [-0.25, -0.2) is 4.79 Å². The third kappa shape index (κ3) is 3.75. The number of likely N-dealkylation sites (tertiary alicyclic amines) is 1. The lowest BCUT2D eigenvalue weighted by Gasteiger charge is -2.34. The van der Waals surface area contributed by atoms with Crippen molar-refractivity contribution in [1.29, 1.82) is 0 Å². The summed E-state index contributed by atoms with van der Waals surface area (Å²) in [6.07, 6.45) is 4.30. The first-order valence-corrected chi connectivity index (χ1v) is 9.37. The van der Waals surface area contributed by atoms with Gasteiger partial charge in [0, 0.05) is 18.5 Å². The lowest BCUT2D eigenvalue weighted by molar-refractivity contribution is -0.136. The van der Waals surface area contributed by atoms with E-state index in [1.54, 1.807) is 0 Å². The van der Waals surface area contributed by atoms with Crippen LogP contribution in [0, 0.1) is 17.8 Å². The predicted octanol–water partition coefficient (Wildman–Crippen LogP) is 1.27. The lowest BCUT2D eigenvalue weighted by Crippen LogP contribution is -2.56. The molecule has 4 unspecified atom stereocenters. The number of hydrogen-bond acceptors (Lipinski definition) is 4. The summed E-state index contributed by atoms with van der Waals surface area (Å²) in [5.74, 6) is 0.651. The van der Waals surface area contributed by atoms with Crippen LogP contribution < -0.4 is 10.6 Å². The first-order chi connectivity index (χ1) is 11.9. The Balaban J connectivity index is 1.70. The fourth-order valence-corrected chi connectivity index (χ4v) is 4.24. The molecule has 2 saturated carbocycles. The highest BCUT2D eigenvalue weighted by molar-refractivity contribution is 5.87. The van der Waals surface area contributed by atoms with E-state index in [1.807, 2.05) is 18.7 Å². The van der Waals surface area contributed by atoms with Crippen LogP contribution in [0.5, 0.6) is 0 Å². The van der Waals surface area contributed by atoms with Gasteiger partial charge >= 0.3 is 6.09 Å². The van der Waals surface area contributed by atoms with Crippen LogP contribution in [0.3, 0.4) is 0 Å². The second-order valence-electron chi connectivity index (χ2n) is 7.90. The van der Waals surface area contributed by atoms with Crippen molar-refractivity contribution in [2.45, 2.75) is 64.1 Å². The van der Waals surface area contributed by atoms with Gasteiger partial charge in [-0.15, -0.1) is 0 Å². The average molecular weight is 351 g/mol. The number of rotatable bonds is 5. The van der Waals surface area contributed by atoms with Crippen LogP contribution in [0.4, 0.5) is 4.79 Å². The number of nitrogens with one attached hydrogen (secondary N) is 2. The predicted molar refractivity (Wildman–Crippen MR) is 91.7 cm³/mol. The van der Waals surface area contributed by atoms with E-state index in [2.05, 4.69) is 15.4 Å². The molecule has 3 aliphatic rings. The third-order valence-electron chi connectivity index (χ3n) is 5.79. The molecule has 0 aromatic carbocycles. The maximum absolute atomic E-state index is 13.1. The molecule has 7 nitrogen and oxygen atoms in total. The molecule has 7 heteroatoms. The molecule has 0 aromatic rings. The maximum atomic E-state index is 13.1. The first kappa shape index (κ1) is 18.0. The van der Waals surface area contributed by atoms with Crippen molar-refractivity contribution in [3.63, 3.8) is 0 Å². The van der Waals surface area contributed by atoms with E-state index in [0.29, 0.717) is 12.5 Å². The Morgan fingerprint density at radius 1 is 1.08 bits per heavy atom. The highest BCUT2D eigenvalue weighted by Gasteiger charge is 2.48. The standard InChI is InChI=1S/C18H29N3O4/c1-10(2)14(20-18(24)25-3)17(23)21-9-8-11-6-7-13(15(11)21)19-16(22)12-4-5-12/h10-15H,4-9H2,1-3H3,(H,19,22)(H,20,24). The number of amides is 3. The highest BCUT2D eigenvalue weighted by atomic mass is 16.5. The summed E-state index contributed by atoms with van der Waals surface area (Å²) in [6, 6.07) is -0.516. The summed E-state index contributed by atoms with van der Waals surface area (Å²) in [5.41, 5.74) is 0. The van der Waals surface area contributed by atoms with E-state index in [9.17, 15) is 14.4 Å². The Morgan fingerprint density at radius 3 is 2.40 bits per heavy atom. The zero-order valence-corrected chi connectivity index (χ0v) is 15.3. The molecule has 2 aliphatic carbocycles. The molecule has 3 amide bonds. The summed E-state index contributed by atoms with van der Waals surface area (Å²) in [5, 5.41) is 5.84. The molecule has 3 fully saturated rings. The van der Waals surface area contributed by atoms with Gasteiger partial charge in [0.15, 0.2) is 0 Å². The Morgan fingerprint density at radius 2 is 1.80 bits per heavy atom. The van der Waals surface area contributed by atoms with Crippen molar-refractivity contribution >= 4 is 17.9 Å². The number of carbonyl (C=O) groups excluding carboxylic acids is 3. The summed E-state index contributed by atoms with van der Waals surface area (Å²) in [7, 11) is 1.30. The molecule has 0 spiro atoms. The second kappa shape index (κ2) is 7.22. The second-order valence-corrected chi connectivity index (χ2v) is 7.90. The maximum Gasteiger partial charge on any atom is 0.407 e. The van der Waals surface area contributed by atoms with E-state index < -0.39 is 12.1 Å². The van der Waals surface area contributed by atoms with Gasteiger partial charge in [0.1, 0.15) is 6.04 Å². The van der Waals surface area contributed by atoms with E-state index in [1.165, 1.54) is 7.11 Å². The summed E-state index contributed by atoms with van der Waals surface area (Å²) in [6.45, 7) is 4.51. The number of ether oxygens (including phenoxy) is 1. The fourth-order valence-electron chi connectivity index (χ4n) is 4.24. The van der Waals surface area contributed by atoms with E-state index >= 15 is 0 Å². The number of hydrogen-bond donors (Lipinski definition) is 2. The number of carbonyl (C=O) groups is 3. The normalized spacial score (nSPS) is 29.3. The molecule has 140 valence electrons. The molecule has 0 aromatic heterocycles. The Bertz CT molecular complexity index is 546. The highest BCUT2D eigenvalue weighted by Crippen LogP contribution is 2.39. The lowest BCUT2D eigenvalue weighted by atomic mass is 10.00. The van der Waals surface area contributed by atoms with Gasteiger partial charge in [0.05, 0.1) is 13.2 Å². The molecular formula is C18H29N3O4. The van der Waals surface area contributed by atoms with Gasteiger partial charge in [-0.05, 0) is 43.9 Å². The van der Waals surface area contributed by atoms with Crippen LogP contribution in [-0.2, 0) is 14.3 Å². The zero-order chi connectivity index (χ0) is 18.1. The number of methoxy groups -OCH3 is 1. The molecule has 3 rings (SSSR count). The van der Waals surface area contributed by atoms with Crippen LogP contribution in [0.1, 0.15) is 46.0 Å². The van der Waals surface area contributed by atoms with Crippen LogP contribution in [-0.4, -0.2) is 54.6 Å². The molecule has 0 bridgehead atoms. The van der Waals surface area contributed by atoms with Gasteiger partial charge < -0.3 is 20.3 Å². The summed E-state index contributed by atoms with van der Waals surface area (Å²) in [4.78, 5) is 38.8. The van der Waals surface area contributed by atoms with Gasteiger partial charge in [0.2, 0.25) is 11.8 Å². The van der Waals surface area contributed by atoms with Gasteiger partial charge in [-0.2, -0.15) is 0 Å². The quantitative estimate of drug-likeness (QED) is 0.781. The summed E-state index contributed by atoms with van der Waals surface area (Å²) < 4.78 is 4.66. The Hall–Kier alpha value is -1.79. The molecule has 1 aliphatic heterocycles. The van der Waals surface area contributed by atoms with Crippen LogP contribution in [0.2, 0.25) is 0 Å². The topological polar surface area (TPSA) is 87.7 Å². The SMILES string of the molecule is COC(=O)NC(C(=O)N1CCC2CCC(NC(=O)C3CC3)C21)C(C)C. The number of nitrogens with zero attached hydrogens (tertiary/aromatic N) is 1. The van der Waals surface area contributed by atoms with E-state index in [0.717, 1.165) is 32.1 Å². The minimum atomic E-state index is -0.605. The van der Waals surface area contributed by atoms with E-state index in [4.69, 9.17) is 0 Å². The largest absolute Gasteiger partial charge is 0.453 e. The van der Waals surface area contributed by atoms with Crippen LogP contribution in [0.15, 0.2) is 0 Å². The molecular weight excluding hydrogens is 322 g/mol. The van der Waals surface area contributed by atoms with Crippen molar-refractivity contribution in [3.05, 3.63) is 0 Å². The molecule has 4 atom stereocenters. The average Bonchev–Trinajstić information content (AvgIpc) is 3.24. The molecule has 0 radical (unpaired) electrons. The molecule has 25 heavy (non-hydrogen) atoms. The van der Waals surface area contributed by atoms with Crippen molar-refractivity contribution in [3.8, 4) is 0 Å². The van der Waals surface area contributed by atoms with Crippen molar-refractivity contribution in [2.75, 3.05) is 13.7 Å². The van der Waals surface area contributed by atoms with Gasteiger partial charge in [-0.3, -0.25) is 9.59 Å². The smallest absolute Gasteiger partial charge is 0.407 e. The molecule has 1 saturated heterocycles. The third-order valence-corrected chi connectivity index (χ3v) is 5.79. The monoisotopic (exact) mass is 351 g/mol. The minimum absolute atomic E-state index is 0.0356. The number of fused-ring (bicyclic) bond motifs is 1. The van der Waals surface area contributed by atoms with Crippen LogP contribution >= 0.6 is 0 Å². The summed E-state index contributed by atoms with van der Waals surface area (Å²) >= 11 is 0.